The molecule has 0 saturated heterocycles. The van der Waals surface area contributed by atoms with E-state index in [0.717, 1.165) is 109 Å². The predicted molar refractivity (Wildman–Crippen MR) is 290 cm³/mol. The van der Waals surface area contributed by atoms with E-state index < -0.39 is 20.0 Å². The number of carbonyl (C=O) groups is 1. The Labute approximate surface area is 411 Å². The maximum atomic E-state index is 12.9. The first-order chi connectivity index (χ1) is 32.5. The van der Waals surface area contributed by atoms with Gasteiger partial charge >= 0.3 is 7.82 Å². The number of aliphatic hydroxyl groups excluding tert-OH is 1. The lowest BCUT2D eigenvalue weighted by Gasteiger charge is -2.25. The van der Waals surface area contributed by atoms with Crippen molar-refractivity contribution in [3.8, 4) is 0 Å². The highest BCUT2D eigenvalue weighted by Crippen LogP contribution is 2.43. The quantitative estimate of drug-likeness (QED) is 0.0243. The van der Waals surface area contributed by atoms with Crippen LogP contribution in [0.2, 0.25) is 0 Å². The van der Waals surface area contributed by atoms with E-state index in [-0.39, 0.29) is 19.1 Å². The number of quaternary nitrogens is 1. The zero-order valence-corrected chi connectivity index (χ0v) is 44.0. The van der Waals surface area contributed by atoms with Crippen LogP contribution in [0.1, 0.15) is 174 Å². The van der Waals surface area contributed by atoms with Gasteiger partial charge in [0.1, 0.15) is 13.2 Å². The first-order valence-corrected chi connectivity index (χ1v) is 27.6. The zero-order chi connectivity index (χ0) is 49.2. The molecule has 0 spiro atoms. The first kappa shape index (κ1) is 63.6. The molecule has 0 aromatic heterocycles. The summed E-state index contributed by atoms with van der Waals surface area (Å²) in [5, 5.41) is 13.8. The van der Waals surface area contributed by atoms with Gasteiger partial charge in [0.05, 0.1) is 39.9 Å². The van der Waals surface area contributed by atoms with Gasteiger partial charge in [-0.2, -0.15) is 0 Å². The average Bonchev–Trinajstić information content (AvgIpc) is 3.29. The van der Waals surface area contributed by atoms with Crippen LogP contribution in [0.3, 0.4) is 0 Å². The summed E-state index contributed by atoms with van der Waals surface area (Å²) in [7, 11) is 1.52. The number of likely N-dealkylation sites (N-methyl/N-ethyl adjacent to an activating group) is 1. The van der Waals surface area contributed by atoms with Crippen LogP contribution in [-0.4, -0.2) is 73.4 Å². The number of aliphatic hydroxyl groups is 1. The van der Waals surface area contributed by atoms with Gasteiger partial charge in [-0.1, -0.05) is 199 Å². The predicted octanol–water partition coefficient (Wildman–Crippen LogP) is 15.6. The van der Waals surface area contributed by atoms with Crippen molar-refractivity contribution in [3.63, 3.8) is 0 Å². The van der Waals surface area contributed by atoms with Gasteiger partial charge in [-0.25, -0.2) is 4.57 Å². The molecule has 0 heterocycles. The smallest absolute Gasteiger partial charge is 0.387 e. The SMILES string of the molecule is CC/C=C\C/C=C\C/C=C\C/C=C\C/C=C\C/C=C\C/C=C\C/C=C\C/C=C\CCCCCCCCCC(=O)NC(COP(=O)(O)OCC[N+](C)(C)C)C(O)/C=C/CC/C=C/CCCCCC. The van der Waals surface area contributed by atoms with Gasteiger partial charge in [-0.3, -0.25) is 13.8 Å². The molecule has 0 saturated carbocycles. The fourth-order valence-electron chi connectivity index (χ4n) is 6.52. The molecule has 380 valence electrons. The standard InChI is InChI=1S/C58H97N2O6P/c1-6-8-10-12-14-16-18-19-20-21-22-23-24-25-26-27-28-29-30-31-32-33-34-35-36-37-38-39-40-41-42-44-46-48-50-52-58(62)59-56(55-66-67(63,64)65-54-53-60(3,4)5)57(61)51-49-47-45-43-17-15-13-11-9-7-2/h8,10,14,16-17,19-20,22-23,25-26,28-29,31-32,34-35,37-38,43,49,51,56-57,61H,6-7,9,11-13,15,18,21,24,27,30,33,36,39-42,44-48,50,52-55H2,1-5H3,(H-,59,62,63,64)/p+1/b10-8-,16-14-,20-19-,23-22-,26-25-,29-28-,32-31-,35-34-,38-37-,43-17+,51-49+. The Morgan fingerprint density at radius 2 is 0.910 bits per heavy atom. The van der Waals surface area contributed by atoms with E-state index in [0.29, 0.717) is 17.4 Å². The van der Waals surface area contributed by atoms with Gasteiger partial charge < -0.3 is 19.8 Å². The normalized spacial score (nSPS) is 15.1. The number of phosphoric ester groups is 1. The number of rotatable bonds is 45. The summed E-state index contributed by atoms with van der Waals surface area (Å²) in [4.78, 5) is 23.1. The summed E-state index contributed by atoms with van der Waals surface area (Å²) in [5.41, 5.74) is 0. The summed E-state index contributed by atoms with van der Waals surface area (Å²) in [6.45, 7) is 4.60. The average molecular weight is 950 g/mol. The molecule has 3 N–H and O–H groups in total. The molecule has 3 unspecified atom stereocenters. The highest BCUT2D eigenvalue weighted by Gasteiger charge is 2.27. The van der Waals surface area contributed by atoms with Gasteiger partial charge in [0.2, 0.25) is 5.91 Å². The number of amides is 1. The van der Waals surface area contributed by atoms with Crippen LogP contribution in [0.15, 0.2) is 134 Å². The van der Waals surface area contributed by atoms with Crippen LogP contribution >= 0.6 is 7.82 Å². The van der Waals surface area contributed by atoms with Crippen LogP contribution in [0.5, 0.6) is 0 Å². The molecule has 0 fully saturated rings. The molecule has 0 aliphatic rings. The Morgan fingerprint density at radius 1 is 0.522 bits per heavy atom. The van der Waals surface area contributed by atoms with Crippen molar-refractivity contribution in [1.82, 2.24) is 5.32 Å². The fourth-order valence-corrected chi connectivity index (χ4v) is 7.25. The first-order valence-electron chi connectivity index (χ1n) is 26.1. The number of phosphoric acid groups is 1. The Morgan fingerprint density at radius 3 is 1.37 bits per heavy atom. The molecule has 0 aliphatic heterocycles. The van der Waals surface area contributed by atoms with Crippen molar-refractivity contribution < 1.29 is 32.9 Å². The lowest BCUT2D eigenvalue weighted by molar-refractivity contribution is -0.870. The number of carbonyl (C=O) groups excluding carboxylic acids is 1. The maximum absolute atomic E-state index is 12.9. The van der Waals surface area contributed by atoms with E-state index in [2.05, 4.69) is 141 Å². The van der Waals surface area contributed by atoms with Crippen LogP contribution in [-0.2, 0) is 18.4 Å². The third kappa shape index (κ3) is 50.3. The molecule has 0 rings (SSSR count). The van der Waals surface area contributed by atoms with Crippen LogP contribution in [0.25, 0.3) is 0 Å². The highest BCUT2D eigenvalue weighted by molar-refractivity contribution is 7.47. The number of nitrogens with zero attached hydrogens (tertiary/aromatic N) is 1. The van der Waals surface area contributed by atoms with Crippen LogP contribution in [0.4, 0.5) is 0 Å². The molecule has 0 bridgehead atoms. The van der Waals surface area contributed by atoms with E-state index in [9.17, 15) is 19.4 Å². The van der Waals surface area contributed by atoms with Crippen molar-refractivity contribution >= 4 is 13.7 Å². The highest BCUT2D eigenvalue weighted by atomic mass is 31.2. The van der Waals surface area contributed by atoms with Crippen molar-refractivity contribution in [2.45, 2.75) is 187 Å². The zero-order valence-electron chi connectivity index (χ0n) is 43.1. The van der Waals surface area contributed by atoms with Gasteiger partial charge in [0, 0.05) is 6.42 Å². The molecule has 0 aromatic rings. The van der Waals surface area contributed by atoms with Gasteiger partial charge in [-0.05, 0) is 103 Å². The van der Waals surface area contributed by atoms with E-state index in [1.807, 2.05) is 27.2 Å². The number of nitrogens with one attached hydrogen (secondary N) is 1. The Bertz CT molecular complexity index is 1540. The van der Waals surface area contributed by atoms with E-state index in [1.54, 1.807) is 6.08 Å². The molecule has 9 heteroatoms. The fraction of sp³-hybridized carbons (Fsp3) is 0.603. The largest absolute Gasteiger partial charge is 0.472 e. The topological polar surface area (TPSA) is 105 Å². The second-order valence-electron chi connectivity index (χ2n) is 18.2. The monoisotopic (exact) mass is 950 g/mol. The van der Waals surface area contributed by atoms with Gasteiger partial charge in [-0.15, -0.1) is 0 Å². The third-order valence-electron chi connectivity index (χ3n) is 10.6. The van der Waals surface area contributed by atoms with Crippen molar-refractivity contribution in [2.24, 2.45) is 0 Å². The van der Waals surface area contributed by atoms with E-state index in [1.165, 1.54) is 44.9 Å². The second-order valence-corrected chi connectivity index (χ2v) is 19.6. The van der Waals surface area contributed by atoms with Gasteiger partial charge in [0.15, 0.2) is 0 Å². The molecule has 8 nitrogen and oxygen atoms in total. The lowest BCUT2D eigenvalue weighted by Crippen LogP contribution is -2.45. The molecule has 0 aromatic carbocycles. The molecule has 3 atom stereocenters. The van der Waals surface area contributed by atoms with E-state index >= 15 is 0 Å². The summed E-state index contributed by atoms with van der Waals surface area (Å²) in [6.07, 6.45) is 72.7. The van der Waals surface area contributed by atoms with Crippen molar-refractivity contribution in [1.29, 1.82) is 0 Å². The third-order valence-corrected chi connectivity index (χ3v) is 11.6. The van der Waals surface area contributed by atoms with Crippen molar-refractivity contribution in [3.05, 3.63) is 134 Å². The minimum Gasteiger partial charge on any atom is -0.387 e. The summed E-state index contributed by atoms with van der Waals surface area (Å²) in [5.74, 6) is -0.208. The second kappa shape index (κ2) is 47.7. The van der Waals surface area contributed by atoms with Crippen LogP contribution in [0, 0.1) is 0 Å². The minimum atomic E-state index is -4.36. The molecule has 0 aliphatic carbocycles. The van der Waals surface area contributed by atoms with Gasteiger partial charge in [0.25, 0.3) is 0 Å². The maximum Gasteiger partial charge on any atom is 0.472 e. The summed E-state index contributed by atoms with van der Waals surface area (Å²) in [6, 6.07) is -0.877. The summed E-state index contributed by atoms with van der Waals surface area (Å²) >= 11 is 0. The van der Waals surface area contributed by atoms with Crippen LogP contribution < -0.4 is 5.32 Å². The molecule has 67 heavy (non-hydrogen) atoms. The lowest BCUT2D eigenvalue weighted by atomic mass is 10.1. The molecule has 1 amide bonds. The number of unbranched alkanes of at least 4 members (excludes halogenated alkanes) is 12. The Kier molecular flexibility index (Phi) is 45.3. The molecule has 0 radical (unpaired) electrons. The summed E-state index contributed by atoms with van der Waals surface area (Å²) < 4.78 is 23.5. The Hall–Kier alpha value is -3.36. The molecular formula is C58H98N2O6P+. The Balaban J connectivity index is 4.18. The molecular weight excluding hydrogens is 852 g/mol. The van der Waals surface area contributed by atoms with E-state index in [4.69, 9.17) is 9.05 Å². The number of hydrogen-bond acceptors (Lipinski definition) is 5. The van der Waals surface area contributed by atoms with Crippen molar-refractivity contribution in [2.75, 3.05) is 40.9 Å². The minimum absolute atomic E-state index is 0.0462. The number of allylic oxidation sites excluding steroid dienone is 21. The number of hydrogen-bond donors (Lipinski definition) is 3.